The maximum absolute atomic E-state index is 12.1. The van der Waals surface area contributed by atoms with Crippen LogP contribution in [0.15, 0.2) is 5.38 Å². The zero-order valence-corrected chi connectivity index (χ0v) is 11.3. The summed E-state index contributed by atoms with van der Waals surface area (Å²) >= 11 is 1.27. The summed E-state index contributed by atoms with van der Waals surface area (Å²) in [4.78, 5) is 26.8. The fourth-order valence-electron chi connectivity index (χ4n) is 3.35. The van der Waals surface area contributed by atoms with Crippen LogP contribution in [0, 0.1) is 17.8 Å². The Kier molecular flexibility index (Phi) is 3.26. The van der Waals surface area contributed by atoms with Crippen LogP contribution in [0.4, 0.5) is 0 Å². The lowest BCUT2D eigenvalue weighted by atomic mass is 9.88. The van der Waals surface area contributed by atoms with E-state index >= 15 is 0 Å². The molecule has 0 saturated heterocycles. The van der Waals surface area contributed by atoms with E-state index in [-0.39, 0.29) is 17.5 Å². The van der Waals surface area contributed by atoms with E-state index in [2.05, 4.69) is 10.3 Å². The lowest BCUT2D eigenvalue weighted by Gasteiger charge is -2.20. The highest BCUT2D eigenvalue weighted by molar-refractivity contribution is 7.09. The van der Waals surface area contributed by atoms with Gasteiger partial charge in [-0.05, 0) is 31.1 Å². The first-order chi connectivity index (χ1) is 9.13. The van der Waals surface area contributed by atoms with E-state index in [0.717, 1.165) is 12.3 Å². The van der Waals surface area contributed by atoms with Crippen molar-refractivity contribution in [3.63, 3.8) is 0 Å². The molecular formula is C13H16N2O3S. The van der Waals surface area contributed by atoms with Crippen molar-refractivity contribution in [2.45, 2.75) is 32.2 Å². The van der Waals surface area contributed by atoms with Crippen LogP contribution in [-0.4, -0.2) is 22.0 Å². The van der Waals surface area contributed by atoms with E-state index in [4.69, 9.17) is 5.11 Å². The first-order valence-corrected chi connectivity index (χ1v) is 7.47. The number of nitrogens with one attached hydrogen (secondary N) is 1. The average Bonchev–Trinajstić information content (AvgIpc) is 3.11. The van der Waals surface area contributed by atoms with Crippen molar-refractivity contribution >= 4 is 23.2 Å². The number of carbonyl (C=O) groups is 2. The van der Waals surface area contributed by atoms with Crippen molar-refractivity contribution in [3.8, 4) is 0 Å². The van der Waals surface area contributed by atoms with Crippen molar-refractivity contribution in [2.24, 2.45) is 17.8 Å². The minimum absolute atomic E-state index is 0.0502. The second kappa shape index (κ2) is 4.92. The summed E-state index contributed by atoms with van der Waals surface area (Å²) in [5, 5.41) is 13.8. The average molecular weight is 280 g/mol. The van der Waals surface area contributed by atoms with Gasteiger partial charge in [0.05, 0.1) is 6.54 Å². The van der Waals surface area contributed by atoms with Crippen LogP contribution in [0.5, 0.6) is 0 Å². The number of nitrogens with zero attached hydrogens (tertiary/aromatic N) is 1. The van der Waals surface area contributed by atoms with Gasteiger partial charge < -0.3 is 10.4 Å². The molecule has 2 N–H and O–H groups in total. The summed E-state index contributed by atoms with van der Waals surface area (Å²) in [7, 11) is 0. The van der Waals surface area contributed by atoms with E-state index in [1.165, 1.54) is 36.0 Å². The molecular weight excluding hydrogens is 264 g/mol. The maximum Gasteiger partial charge on any atom is 0.355 e. The van der Waals surface area contributed by atoms with Gasteiger partial charge in [0, 0.05) is 11.3 Å². The van der Waals surface area contributed by atoms with E-state index in [1.54, 1.807) is 0 Å². The molecule has 0 aromatic carbocycles. The molecule has 0 spiro atoms. The van der Waals surface area contributed by atoms with E-state index < -0.39 is 5.97 Å². The van der Waals surface area contributed by atoms with Gasteiger partial charge in [-0.2, -0.15) is 0 Å². The zero-order chi connectivity index (χ0) is 13.4. The lowest BCUT2D eigenvalue weighted by Crippen LogP contribution is -2.33. The topological polar surface area (TPSA) is 79.3 Å². The Balaban J connectivity index is 1.54. The van der Waals surface area contributed by atoms with Crippen LogP contribution in [0.25, 0.3) is 0 Å². The number of hydrogen-bond acceptors (Lipinski definition) is 4. The predicted molar refractivity (Wildman–Crippen MR) is 69.9 cm³/mol. The Labute approximate surface area is 115 Å². The molecule has 3 unspecified atom stereocenters. The Morgan fingerprint density at radius 1 is 1.42 bits per heavy atom. The Morgan fingerprint density at radius 2 is 2.26 bits per heavy atom. The zero-order valence-electron chi connectivity index (χ0n) is 10.5. The van der Waals surface area contributed by atoms with Gasteiger partial charge in [0.15, 0.2) is 5.69 Å². The summed E-state index contributed by atoms with van der Waals surface area (Å²) in [5.41, 5.74) is 0.0502. The van der Waals surface area contributed by atoms with Crippen LogP contribution in [0.1, 0.15) is 41.2 Å². The van der Waals surface area contributed by atoms with Crippen LogP contribution < -0.4 is 5.32 Å². The molecule has 0 aliphatic heterocycles. The van der Waals surface area contributed by atoms with Crippen molar-refractivity contribution in [1.82, 2.24) is 10.3 Å². The first-order valence-electron chi connectivity index (χ1n) is 6.59. The Hall–Kier alpha value is -1.43. The molecule has 2 aliphatic carbocycles. The largest absolute Gasteiger partial charge is 0.476 e. The third-order valence-electron chi connectivity index (χ3n) is 4.26. The molecule has 1 aromatic rings. The Morgan fingerprint density at radius 3 is 2.84 bits per heavy atom. The number of hydrogen-bond donors (Lipinski definition) is 2. The van der Waals surface area contributed by atoms with Gasteiger partial charge in [0.2, 0.25) is 5.91 Å². The molecule has 6 heteroatoms. The summed E-state index contributed by atoms with van der Waals surface area (Å²) in [5.74, 6) is 0.564. The molecule has 2 bridgehead atoms. The molecule has 1 aromatic heterocycles. The standard InChI is InChI=1S/C13H16N2O3S/c16-12(9-4-7-1-2-8(9)3-7)14-5-11-15-10(6-19-11)13(17)18/h6-9H,1-5H2,(H,14,16)(H,17,18). The molecule has 2 aliphatic rings. The minimum atomic E-state index is -1.03. The van der Waals surface area contributed by atoms with Gasteiger partial charge in [-0.15, -0.1) is 11.3 Å². The molecule has 5 nitrogen and oxygen atoms in total. The third-order valence-corrected chi connectivity index (χ3v) is 5.11. The number of carboxylic acid groups (broad SMARTS) is 1. The van der Waals surface area contributed by atoms with E-state index in [9.17, 15) is 9.59 Å². The van der Waals surface area contributed by atoms with Crippen LogP contribution in [0.2, 0.25) is 0 Å². The predicted octanol–water partition coefficient (Wildman–Crippen LogP) is 1.89. The van der Waals surface area contributed by atoms with Crippen molar-refractivity contribution in [1.29, 1.82) is 0 Å². The number of fused-ring (bicyclic) bond motifs is 2. The fraction of sp³-hybridized carbons (Fsp3) is 0.615. The second-order valence-corrected chi connectivity index (χ2v) is 6.37. The summed E-state index contributed by atoms with van der Waals surface area (Å²) in [6.45, 7) is 0.338. The van der Waals surface area contributed by atoms with Crippen LogP contribution in [-0.2, 0) is 11.3 Å². The molecule has 3 atom stereocenters. The molecule has 1 heterocycles. The molecule has 102 valence electrons. The first kappa shape index (κ1) is 12.6. The number of amides is 1. The van der Waals surface area contributed by atoms with Gasteiger partial charge in [0.25, 0.3) is 0 Å². The smallest absolute Gasteiger partial charge is 0.355 e. The molecule has 0 radical (unpaired) electrons. The highest BCUT2D eigenvalue weighted by atomic mass is 32.1. The third kappa shape index (κ3) is 2.49. The van der Waals surface area contributed by atoms with Crippen LogP contribution in [0.3, 0.4) is 0 Å². The van der Waals surface area contributed by atoms with Gasteiger partial charge in [0.1, 0.15) is 5.01 Å². The monoisotopic (exact) mass is 280 g/mol. The number of thiazole rings is 1. The summed E-state index contributed by atoms with van der Waals surface area (Å²) in [6.07, 6.45) is 4.69. The van der Waals surface area contributed by atoms with Gasteiger partial charge >= 0.3 is 5.97 Å². The molecule has 1 amide bonds. The highest BCUT2D eigenvalue weighted by Crippen LogP contribution is 2.48. The maximum atomic E-state index is 12.1. The highest BCUT2D eigenvalue weighted by Gasteiger charge is 2.42. The molecule has 2 saturated carbocycles. The minimum Gasteiger partial charge on any atom is -0.476 e. The van der Waals surface area contributed by atoms with Crippen molar-refractivity contribution < 1.29 is 14.7 Å². The van der Waals surface area contributed by atoms with E-state index in [1.807, 2.05) is 0 Å². The number of aromatic carboxylic acids is 1. The van der Waals surface area contributed by atoms with E-state index in [0.29, 0.717) is 17.5 Å². The number of aromatic nitrogens is 1. The number of rotatable bonds is 4. The van der Waals surface area contributed by atoms with Crippen molar-refractivity contribution in [3.05, 3.63) is 16.1 Å². The number of carbonyl (C=O) groups excluding carboxylic acids is 1. The van der Waals surface area contributed by atoms with Gasteiger partial charge in [-0.3, -0.25) is 4.79 Å². The van der Waals surface area contributed by atoms with Crippen LogP contribution >= 0.6 is 11.3 Å². The van der Waals surface area contributed by atoms with Crippen molar-refractivity contribution in [2.75, 3.05) is 0 Å². The Bertz CT molecular complexity index is 514. The fourth-order valence-corrected chi connectivity index (χ4v) is 4.06. The lowest BCUT2D eigenvalue weighted by molar-refractivity contribution is -0.126. The number of carboxylic acids is 1. The SMILES string of the molecule is O=C(O)c1csc(CNC(=O)C2CC3CCC2C3)n1. The molecule has 3 rings (SSSR count). The summed E-state index contributed by atoms with van der Waals surface area (Å²) in [6, 6.07) is 0. The molecule has 19 heavy (non-hydrogen) atoms. The second-order valence-electron chi connectivity index (χ2n) is 5.43. The quantitative estimate of drug-likeness (QED) is 0.882. The summed E-state index contributed by atoms with van der Waals surface area (Å²) < 4.78 is 0. The normalized spacial score (nSPS) is 28.5. The van der Waals surface area contributed by atoms with Gasteiger partial charge in [-0.1, -0.05) is 6.42 Å². The molecule has 2 fully saturated rings. The van der Waals surface area contributed by atoms with Gasteiger partial charge in [-0.25, -0.2) is 9.78 Å².